The zero-order valence-corrected chi connectivity index (χ0v) is 22.6. The summed E-state index contributed by atoms with van der Waals surface area (Å²) in [5.41, 5.74) is -1.19. The van der Waals surface area contributed by atoms with Crippen LogP contribution in [0.5, 0.6) is 5.75 Å². The lowest BCUT2D eigenvalue weighted by molar-refractivity contribution is -0.140. The van der Waals surface area contributed by atoms with Crippen molar-refractivity contribution in [3.63, 3.8) is 0 Å². The first kappa shape index (κ1) is 28.6. The molecule has 2 aromatic carbocycles. The summed E-state index contributed by atoms with van der Waals surface area (Å²) >= 11 is 0. The minimum absolute atomic E-state index is 0.0691. The molecule has 1 saturated heterocycles. The van der Waals surface area contributed by atoms with Crippen molar-refractivity contribution in [2.45, 2.75) is 77.0 Å². The number of carbonyl (C=O) groups is 1. The van der Waals surface area contributed by atoms with Crippen LogP contribution >= 0.6 is 7.82 Å². The summed E-state index contributed by atoms with van der Waals surface area (Å²) in [6.07, 6.45) is -3.58. The molecular weight excluding hydrogens is 522 g/mol. The molecule has 0 aliphatic carbocycles. The minimum Gasteiger partial charge on any atom is -0.485 e. The molecular formula is C27H33F3NO6P. The first-order valence-corrected chi connectivity index (χ1v) is 14.2. The maximum Gasteiger partial charge on any atom is 0.475 e. The third kappa shape index (κ3) is 6.42. The molecule has 2 aliphatic heterocycles. The molecule has 0 aromatic heterocycles. The van der Waals surface area contributed by atoms with E-state index < -0.39 is 37.3 Å². The van der Waals surface area contributed by atoms with E-state index in [9.17, 15) is 22.5 Å². The van der Waals surface area contributed by atoms with Crippen molar-refractivity contribution >= 4 is 13.7 Å². The fourth-order valence-corrected chi connectivity index (χ4v) is 6.20. The fourth-order valence-electron chi connectivity index (χ4n) is 4.70. The number of ether oxygens (including phenoxy) is 1. The van der Waals surface area contributed by atoms with Gasteiger partial charge in [0.05, 0.1) is 24.8 Å². The molecule has 0 bridgehead atoms. The van der Waals surface area contributed by atoms with Gasteiger partial charge in [-0.2, -0.15) is 13.2 Å². The zero-order chi connectivity index (χ0) is 27.6. The Hall–Kier alpha value is -2.39. The molecule has 0 spiro atoms. The summed E-state index contributed by atoms with van der Waals surface area (Å²) in [6, 6.07) is 11.2. The highest BCUT2D eigenvalue weighted by Gasteiger charge is 2.53. The van der Waals surface area contributed by atoms with E-state index >= 15 is 0 Å². The predicted octanol–water partition coefficient (Wildman–Crippen LogP) is 7.07. The summed E-state index contributed by atoms with van der Waals surface area (Å²) in [5.74, 6) is -0.0175. The summed E-state index contributed by atoms with van der Waals surface area (Å²) in [4.78, 5) is 14.4. The van der Waals surface area contributed by atoms with Crippen LogP contribution in [0.4, 0.5) is 13.2 Å². The van der Waals surface area contributed by atoms with E-state index in [0.29, 0.717) is 19.4 Å². The highest BCUT2D eigenvalue weighted by molar-refractivity contribution is 7.48. The lowest BCUT2D eigenvalue weighted by Gasteiger charge is -2.47. The van der Waals surface area contributed by atoms with Gasteiger partial charge in [-0.3, -0.25) is 18.4 Å². The van der Waals surface area contributed by atoms with Crippen LogP contribution in [0.3, 0.4) is 0 Å². The zero-order valence-electron chi connectivity index (χ0n) is 21.7. The van der Waals surface area contributed by atoms with Crippen molar-refractivity contribution in [2.24, 2.45) is 0 Å². The molecule has 208 valence electrons. The van der Waals surface area contributed by atoms with Gasteiger partial charge in [-0.25, -0.2) is 4.57 Å². The van der Waals surface area contributed by atoms with Gasteiger partial charge in [0.15, 0.2) is 0 Å². The van der Waals surface area contributed by atoms with Crippen LogP contribution in [0.2, 0.25) is 0 Å². The molecule has 3 atom stereocenters. The molecule has 2 heterocycles. The average molecular weight is 556 g/mol. The van der Waals surface area contributed by atoms with Crippen LogP contribution in [-0.2, 0) is 35.7 Å². The topological polar surface area (TPSA) is 74.3 Å². The largest absolute Gasteiger partial charge is 0.485 e. The standard InChI is InChI=1S/C27H33F3NO6P/c1-4-5-16-34-38(33,35-18-19-10-7-6-8-11-19)37-25-24(31-15-9-12-23(31)32)21-17-20(27(28,29)30)13-14-22(21)36-26(25,2)3/h6-8,10-11,13-14,17,24-25H,4-5,9,12,15-16,18H2,1-3H3/t24-,25+,38?/m1/s1. The first-order valence-electron chi connectivity index (χ1n) is 12.7. The van der Waals surface area contributed by atoms with Crippen LogP contribution in [-0.4, -0.2) is 35.7 Å². The third-order valence-corrected chi connectivity index (χ3v) is 8.10. The van der Waals surface area contributed by atoms with Gasteiger partial charge in [0.25, 0.3) is 0 Å². The van der Waals surface area contributed by atoms with Crippen LogP contribution < -0.4 is 4.74 Å². The number of nitrogens with zero attached hydrogens (tertiary/aromatic N) is 1. The number of hydrogen-bond donors (Lipinski definition) is 0. The van der Waals surface area contributed by atoms with Crippen molar-refractivity contribution in [1.29, 1.82) is 0 Å². The lowest BCUT2D eigenvalue weighted by Crippen LogP contribution is -2.55. The van der Waals surface area contributed by atoms with E-state index in [2.05, 4.69) is 0 Å². The van der Waals surface area contributed by atoms with Gasteiger partial charge in [0.2, 0.25) is 5.91 Å². The van der Waals surface area contributed by atoms with Gasteiger partial charge < -0.3 is 9.64 Å². The van der Waals surface area contributed by atoms with Crippen LogP contribution in [0.1, 0.15) is 69.2 Å². The molecule has 2 aliphatic rings. The summed E-state index contributed by atoms with van der Waals surface area (Å²) in [7, 11) is -4.26. The Morgan fingerprint density at radius 1 is 1.13 bits per heavy atom. The van der Waals surface area contributed by atoms with Crippen molar-refractivity contribution < 1.29 is 40.8 Å². The Kier molecular flexibility index (Phi) is 8.57. The summed E-state index contributed by atoms with van der Waals surface area (Å²) < 4.78 is 78.6. The molecule has 1 amide bonds. The van der Waals surface area contributed by atoms with E-state index in [1.54, 1.807) is 26.0 Å². The van der Waals surface area contributed by atoms with Crippen molar-refractivity contribution in [3.05, 3.63) is 65.2 Å². The molecule has 2 aromatic rings. The molecule has 7 nitrogen and oxygen atoms in total. The lowest BCUT2D eigenvalue weighted by atomic mass is 9.85. The normalized spacial score (nSPS) is 22.6. The molecule has 11 heteroatoms. The quantitative estimate of drug-likeness (QED) is 0.231. The van der Waals surface area contributed by atoms with Gasteiger partial charge in [-0.05, 0) is 50.5 Å². The summed E-state index contributed by atoms with van der Waals surface area (Å²) in [6.45, 7) is 5.65. The van der Waals surface area contributed by atoms with Crippen molar-refractivity contribution in [2.75, 3.05) is 13.2 Å². The number of unbranched alkanes of at least 4 members (excludes halogenated alkanes) is 1. The number of likely N-dealkylation sites (tertiary alicyclic amines) is 1. The van der Waals surface area contributed by atoms with Gasteiger partial charge in [0.1, 0.15) is 17.5 Å². The van der Waals surface area contributed by atoms with E-state index in [-0.39, 0.29) is 36.9 Å². The fraction of sp³-hybridized carbons (Fsp3) is 0.519. The Balaban J connectivity index is 1.74. The van der Waals surface area contributed by atoms with E-state index in [0.717, 1.165) is 24.1 Å². The second-order valence-corrected chi connectivity index (χ2v) is 11.6. The van der Waals surface area contributed by atoms with E-state index in [1.165, 1.54) is 11.0 Å². The smallest absolute Gasteiger partial charge is 0.475 e. The average Bonchev–Trinajstić information content (AvgIpc) is 3.28. The number of amides is 1. The highest BCUT2D eigenvalue weighted by atomic mass is 31.2. The highest BCUT2D eigenvalue weighted by Crippen LogP contribution is 2.57. The van der Waals surface area contributed by atoms with Gasteiger partial charge in [-0.15, -0.1) is 0 Å². The Labute approximate surface area is 220 Å². The Morgan fingerprint density at radius 3 is 2.50 bits per heavy atom. The summed E-state index contributed by atoms with van der Waals surface area (Å²) in [5, 5.41) is 0. The van der Waals surface area contributed by atoms with Gasteiger partial charge >= 0.3 is 14.0 Å². The van der Waals surface area contributed by atoms with Crippen LogP contribution in [0.15, 0.2) is 48.5 Å². The van der Waals surface area contributed by atoms with Crippen LogP contribution in [0, 0.1) is 0 Å². The molecule has 0 radical (unpaired) electrons. The monoisotopic (exact) mass is 555 g/mol. The molecule has 1 unspecified atom stereocenters. The number of hydrogen-bond acceptors (Lipinski definition) is 6. The number of carbonyl (C=O) groups excluding carboxylic acids is 1. The number of alkyl halides is 3. The number of rotatable bonds is 10. The number of phosphoric acid groups is 1. The maximum absolute atomic E-state index is 14.0. The Morgan fingerprint density at radius 2 is 1.87 bits per heavy atom. The SMILES string of the molecule is CCCCOP(=O)(OCc1ccccc1)O[C@H]1[C@H](N2CCCC2=O)c2cc(C(F)(F)F)ccc2OC1(C)C. The molecule has 4 rings (SSSR count). The van der Waals surface area contributed by atoms with Crippen molar-refractivity contribution in [3.8, 4) is 5.75 Å². The molecule has 0 saturated carbocycles. The predicted molar refractivity (Wildman–Crippen MR) is 134 cm³/mol. The number of fused-ring (bicyclic) bond motifs is 1. The van der Waals surface area contributed by atoms with Gasteiger partial charge in [0, 0.05) is 18.5 Å². The first-order chi connectivity index (χ1) is 17.9. The number of phosphoric ester groups is 1. The van der Waals surface area contributed by atoms with E-state index in [1.807, 2.05) is 25.1 Å². The van der Waals surface area contributed by atoms with Gasteiger partial charge in [-0.1, -0.05) is 43.7 Å². The maximum atomic E-state index is 14.0. The second kappa shape index (κ2) is 11.4. The molecule has 0 N–H and O–H groups in total. The number of halogens is 3. The minimum atomic E-state index is -4.60. The van der Waals surface area contributed by atoms with Crippen molar-refractivity contribution in [1.82, 2.24) is 4.90 Å². The molecule has 1 fully saturated rings. The van der Waals surface area contributed by atoms with Crippen LogP contribution in [0.25, 0.3) is 0 Å². The molecule has 38 heavy (non-hydrogen) atoms. The Bertz CT molecular complexity index is 1170. The number of benzene rings is 2. The van der Waals surface area contributed by atoms with E-state index in [4.69, 9.17) is 18.3 Å². The third-order valence-electron chi connectivity index (χ3n) is 6.67. The second-order valence-electron chi connectivity index (χ2n) is 10.0.